The Bertz CT molecular complexity index is 746. The third-order valence-electron chi connectivity index (χ3n) is 3.68. The number of aliphatic carboxylic acids is 1. The number of carbonyl (C=O) groups excluding carboxylic acids is 1. The quantitative estimate of drug-likeness (QED) is 0.635. The van der Waals surface area contributed by atoms with Crippen LogP contribution in [0, 0.1) is 0 Å². The van der Waals surface area contributed by atoms with Crippen molar-refractivity contribution >= 4 is 46.3 Å². The maximum Gasteiger partial charge on any atom is 0.326 e. The highest BCUT2D eigenvalue weighted by atomic mass is 32.2. The second-order valence-electron chi connectivity index (χ2n) is 5.31. The van der Waals surface area contributed by atoms with Crippen LogP contribution in [0.4, 0.5) is 0 Å². The number of carboxylic acid groups (broad SMARTS) is 1. The lowest BCUT2D eigenvalue weighted by atomic mass is 10.1. The van der Waals surface area contributed by atoms with Crippen LogP contribution in [0.5, 0.6) is 11.5 Å². The summed E-state index contributed by atoms with van der Waals surface area (Å²) in [5.74, 6) is -0.136. The smallest absolute Gasteiger partial charge is 0.326 e. The van der Waals surface area contributed by atoms with Gasteiger partial charge in [0.05, 0.1) is 4.91 Å². The molecule has 2 aliphatic heterocycles. The minimum Gasteiger partial charge on any atom is -0.480 e. The second-order valence-corrected chi connectivity index (χ2v) is 6.98. The third-order valence-corrected chi connectivity index (χ3v) is 5.01. The number of carboxylic acids is 1. The summed E-state index contributed by atoms with van der Waals surface area (Å²) in [4.78, 5) is 25.7. The van der Waals surface area contributed by atoms with Crippen molar-refractivity contribution < 1.29 is 24.2 Å². The van der Waals surface area contributed by atoms with Gasteiger partial charge in [0.25, 0.3) is 5.91 Å². The van der Waals surface area contributed by atoms with Crippen molar-refractivity contribution in [2.75, 3.05) is 6.79 Å². The first-order valence-corrected chi connectivity index (χ1v) is 8.63. The zero-order chi connectivity index (χ0) is 17.3. The maximum absolute atomic E-state index is 12.6. The molecule has 1 atom stereocenters. The lowest BCUT2D eigenvalue weighted by Crippen LogP contribution is -2.43. The highest BCUT2D eigenvalue weighted by Crippen LogP contribution is 2.37. The summed E-state index contributed by atoms with van der Waals surface area (Å²) in [5, 5.41) is 9.37. The fourth-order valence-corrected chi connectivity index (χ4v) is 3.90. The maximum atomic E-state index is 12.6. The molecule has 24 heavy (non-hydrogen) atoms. The van der Waals surface area contributed by atoms with E-state index in [2.05, 4.69) is 0 Å². The highest BCUT2D eigenvalue weighted by molar-refractivity contribution is 8.26. The van der Waals surface area contributed by atoms with E-state index in [0.29, 0.717) is 29.2 Å². The number of thiocarbonyl (C=S) groups is 1. The predicted molar refractivity (Wildman–Crippen MR) is 93.9 cm³/mol. The molecular weight excluding hydrogens is 350 g/mol. The summed E-state index contributed by atoms with van der Waals surface area (Å²) in [7, 11) is 0. The molecule has 1 aromatic carbocycles. The van der Waals surface area contributed by atoms with Crippen LogP contribution >= 0.6 is 24.0 Å². The summed E-state index contributed by atoms with van der Waals surface area (Å²) in [6, 6.07) is 4.42. The molecule has 8 heteroatoms. The fourth-order valence-electron chi connectivity index (χ4n) is 2.54. The number of thioether (sulfide) groups is 1. The monoisotopic (exact) mass is 365 g/mol. The lowest BCUT2D eigenvalue weighted by molar-refractivity contribution is -0.145. The highest BCUT2D eigenvalue weighted by Gasteiger charge is 2.39. The Balaban J connectivity index is 1.86. The summed E-state index contributed by atoms with van der Waals surface area (Å²) in [5.41, 5.74) is 0.766. The number of benzene rings is 1. The standard InChI is InChI=1S/C16H15NO5S2/c1-2-3-10(15(19)20)17-14(18)13(24-16(17)23)7-9-4-5-11-12(6-9)22-8-21-11/h4-7,10H,2-3,8H2,1H3,(H,19,20)/b13-7-. The Morgan fingerprint density at radius 2 is 2.21 bits per heavy atom. The van der Waals surface area contributed by atoms with E-state index < -0.39 is 12.0 Å². The zero-order valence-corrected chi connectivity index (χ0v) is 14.5. The van der Waals surface area contributed by atoms with Crippen LogP contribution in [0.2, 0.25) is 0 Å². The first kappa shape index (κ1) is 16.8. The van der Waals surface area contributed by atoms with Crippen molar-refractivity contribution in [2.45, 2.75) is 25.8 Å². The Morgan fingerprint density at radius 3 is 2.92 bits per heavy atom. The average molecular weight is 365 g/mol. The summed E-state index contributed by atoms with van der Waals surface area (Å²) >= 11 is 6.33. The Morgan fingerprint density at radius 1 is 1.46 bits per heavy atom. The van der Waals surface area contributed by atoms with Crippen molar-refractivity contribution in [3.8, 4) is 11.5 Å². The average Bonchev–Trinajstić information content (AvgIpc) is 3.10. The van der Waals surface area contributed by atoms with Gasteiger partial charge in [0.2, 0.25) is 6.79 Å². The number of hydrogen-bond acceptors (Lipinski definition) is 6. The van der Waals surface area contributed by atoms with E-state index in [0.717, 1.165) is 17.3 Å². The molecule has 2 heterocycles. The van der Waals surface area contributed by atoms with Gasteiger partial charge in [-0.15, -0.1) is 0 Å². The number of nitrogens with zero attached hydrogens (tertiary/aromatic N) is 1. The van der Waals surface area contributed by atoms with Gasteiger partial charge in [0.15, 0.2) is 11.5 Å². The van der Waals surface area contributed by atoms with Crippen molar-refractivity contribution in [3.63, 3.8) is 0 Å². The van der Waals surface area contributed by atoms with Gasteiger partial charge in [0, 0.05) is 0 Å². The Hall–Kier alpha value is -2.06. The van der Waals surface area contributed by atoms with Gasteiger partial charge in [-0.2, -0.15) is 0 Å². The molecule has 0 bridgehead atoms. The summed E-state index contributed by atoms with van der Waals surface area (Å²) in [6.45, 7) is 2.05. The van der Waals surface area contributed by atoms with E-state index in [1.807, 2.05) is 6.92 Å². The van der Waals surface area contributed by atoms with Gasteiger partial charge in [0.1, 0.15) is 10.4 Å². The molecule has 0 radical (unpaired) electrons. The van der Waals surface area contributed by atoms with E-state index in [-0.39, 0.29) is 17.0 Å². The molecular formula is C16H15NO5S2. The number of amides is 1. The molecule has 0 aliphatic carbocycles. The number of carbonyl (C=O) groups is 2. The topological polar surface area (TPSA) is 76.1 Å². The van der Waals surface area contributed by atoms with Crippen LogP contribution in [0.25, 0.3) is 6.08 Å². The van der Waals surface area contributed by atoms with Gasteiger partial charge in [-0.05, 0) is 30.2 Å². The molecule has 0 saturated carbocycles. The molecule has 1 amide bonds. The van der Waals surface area contributed by atoms with Gasteiger partial charge in [-0.3, -0.25) is 9.69 Å². The minimum atomic E-state index is -1.04. The van der Waals surface area contributed by atoms with Gasteiger partial charge >= 0.3 is 5.97 Å². The first-order chi connectivity index (χ1) is 11.5. The predicted octanol–water partition coefficient (Wildman–Crippen LogP) is 2.87. The van der Waals surface area contributed by atoms with Crippen LogP contribution in [0.15, 0.2) is 23.1 Å². The molecule has 126 valence electrons. The van der Waals surface area contributed by atoms with Crippen LogP contribution < -0.4 is 9.47 Å². The Kier molecular flexibility index (Phi) is 4.77. The lowest BCUT2D eigenvalue weighted by Gasteiger charge is -2.22. The van der Waals surface area contributed by atoms with Crippen LogP contribution in [0.3, 0.4) is 0 Å². The van der Waals surface area contributed by atoms with Crippen molar-refractivity contribution in [1.29, 1.82) is 0 Å². The molecule has 6 nitrogen and oxygen atoms in total. The summed E-state index contributed by atoms with van der Waals surface area (Å²) < 4.78 is 10.8. The first-order valence-electron chi connectivity index (χ1n) is 7.40. The largest absolute Gasteiger partial charge is 0.480 e. The fraction of sp³-hybridized carbons (Fsp3) is 0.312. The van der Waals surface area contributed by atoms with Crippen LogP contribution in [0.1, 0.15) is 25.3 Å². The van der Waals surface area contributed by atoms with Gasteiger partial charge in [-0.25, -0.2) is 4.79 Å². The zero-order valence-electron chi connectivity index (χ0n) is 12.9. The minimum absolute atomic E-state index is 0.179. The van der Waals surface area contributed by atoms with E-state index in [1.165, 1.54) is 4.90 Å². The molecule has 0 spiro atoms. The molecule has 2 aliphatic rings. The van der Waals surface area contributed by atoms with E-state index in [1.54, 1.807) is 24.3 Å². The van der Waals surface area contributed by atoms with E-state index in [4.69, 9.17) is 21.7 Å². The van der Waals surface area contributed by atoms with E-state index >= 15 is 0 Å². The van der Waals surface area contributed by atoms with Gasteiger partial charge < -0.3 is 14.6 Å². The van der Waals surface area contributed by atoms with Gasteiger partial charge in [-0.1, -0.05) is 43.4 Å². The Labute approximate surface area is 148 Å². The van der Waals surface area contributed by atoms with E-state index in [9.17, 15) is 14.7 Å². The normalized spacial score (nSPS) is 19.2. The molecule has 1 saturated heterocycles. The molecule has 1 unspecified atom stereocenters. The molecule has 3 rings (SSSR count). The number of fused-ring (bicyclic) bond motifs is 1. The van der Waals surface area contributed by atoms with Crippen LogP contribution in [-0.2, 0) is 9.59 Å². The molecule has 1 N–H and O–H groups in total. The molecule has 1 fully saturated rings. The summed E-state index contributed by atoms with van der Waals surface area (Å²) in [6.07, 6.45) is 2.69. The second kappa shape index (κ2) is 6.82. The van der Waals surface area contributed by atoms with Crippen molar-refractivity contribution in [2.24, 2.45) is 0 Å². The van der Waals surface area contributed by atoms with Crippen molar-refractivity contribution in [3.05, 3.63) is 28.7 Å². The van der Waals surface area contributed by atoms with Crippen molar-refractivity contribution in [1.82, 2.24) is 4.90 Å². The van der Waals surface area contributed by atoms with Crippen LogP contribution in [-0.4, -0.2) is 39.0 Å². The molecule has 0 aromatic heterocycles. The number of hydrogen-bond donors (Lipinski definition) is 1. The SMILES string of the molecule is CCCC(C(=O)O)N1C(=O)/C(=C/c2ccc3c(c2)OCO3)SC1=S. The third kappa shape index (κ3) is 3.11. The number of ether oxygens (including phenoxy) is 2. The molecule has 1 aromatic rings. The number of rotatable bonds is 5.